The lowest BCUT2D eigenvalue weighted by molar-refractivity contribution is -0.145. The van der Waals surface area contributed by atoms with Crippen LogP contribution in [0.2, 0.25) is 5.02 Å². The summed E-state index contributed by atoms with van der Waals surface area (Å²) in [6.45, 7) is 8.01. The SMILES string of the molecule is Cc1c(-c2c(C3CCC3)ncc3snc(O[C@H](Cc4ccccc4OCc4ccnc(-c5ccc(OCc6ccccc6)nc5)n4)C(=O)O)c23)ccc(OCCN2CCN(C)CC2)c1Cl. The van der Waals surface area contributed by atoms with Crippen LogP contribution in [0, 0.1) is 6.92 Å². The lowest BCUT2D eigenvalue weighted by Crippen LogP contribution is -2.45. The number of rotatable bonds is 18. The van der Waals surface area contributed by atoms with Gasteiger partial charge in [-0.15, -0.1) is 0 Å². The van der Waals surface area contributed by atoms with Gasteiger partial charge in [-0.2, -0.15) is 4.37 Å². The van der Waals surface area contributed by atoms with Gasteiger partial charge in [0, 0.05) is 80.8 Å². The fourth-order valence-corrected chi connectivity index (χ4v) is 9.01. The zero-order valence-electron chi connectivity index (χ0n) is 36.4. The molecule has 2 aliphatic rings. The summed E-state index contributed by atoms with van der Waals surface area (Å²) in [6.07, 6.45) is 7.07. The number of carboxylic acid groups (broad SMARTS) is 1. The number of benzene rings is 3. The van der Waals surface area contributed by atoms with Gasteiger partial charge < -0.3 is 29.0 Å². The number of ether oxygens (including phenoxy) is 4. The molecule has 65 heavy (non-hydrogen) atoms. The van der Waals surface area contributed by atoms with Gasteiger partial charge in [0.2, 0.25) is 17.9 Å². The topological polar surface area (TPSA) is 145 Å². The second-order valence-corrected chi connectivity index (χ2v) is 17.7. The van der Waals surface area contributed by atoms with Gasteiger partial charge in [0.25, 0.3) is 0 Å². The first-order valence-corrected chi connectivity index (χ1v) is 23.1. The van der Waals surface area contributed by atoms with Crippen LogP contribution in [0.15, 0.2) is 104 Å². The summed E-state index contributed by atoms with van der Waals surface area (Å²) < 4.78 is 30.3. The van der Waals surface area contributed by atoms with Crippen LogP contribution in [0.3, 0.4) is 0 Å². The van der Waals surface area contributed by atoms with E-state index in [1.54, 1.807) is 24.5 Å². The van der Waals surface area contributed by atoms with E-state index in [2.05, 4.69) is 26.8 Å². The van der Waals surface area contributed by atoms with Crippen molar-refractivity contribution in [1.82, 2.24) is 34.1 Å². The number of carbonyl (C=O) groups is 1. The van der Waals surface area contributed by atoms with Crippen LogP contribution >= 0.6 is 23.1 Å². The third-order valence-corrected chi connectivity index (χ3v) is 13.3. The van der Waals surface area contributed by atoms with E-state index >= 15 is 0 Å². The molecule has 9 rings (SSSR count). The lowest BCUT2D eigenvalue weighted by Gasteiger charge is -2.32. The highest BCUT2D eigenvalue weighted by Crippen LogP contribution is 2.48. The Morgan fingerprint density at radius 2 is 1.69 bits per heavy atom. The smallest absolute Gasteiger partial charge is 0.345 e. The summed E-state index contributed by atoms with van der Waals surface area (Å²) in [7, 11) is 2.15. The predicted octanol–water partition coefficient (Wildman–Crippen LogP) is 9.30. The maximum atomic E-state index is 13.0. The van der Waals surface area contributed by atoms with Crippen molar-refractivity contribution in [3.63, 3.8) is 0 Å². The van der Waals surface area contributed by atoms with Crippen molar-refractivity contribution in [2.24, 2.45) is 0 Å². The normalized spacial score (nSPS) is 15.1. The van der Waals surface area contributed by atoms with Gasteiger partial charge in [-0.1, -0.05) is 72.6 Å². The van der Waals surface area contributed by atoms with Gasteiger partial charge in [-0.05, 0) is 84.9 Å². The Morgan fingerprint density at radius 1 is 0.877 bits per heavy atom. The number of aliphatic carboxylic acids is 1. The molecule has 0 spiro atoms. The van der Waals surface area contributed by atoms with E-state index in [4.69, 9.17) is 44.9 Å². The minimum Gasteiger partial charge on any atom is -0.491 e. The molecule has 2 fully saturated rings. The minimum atomic E-state index is -1.28. The summed E-state index contributed by atoms with van der Waals surface area (Å²) in [6, 6.07) is 26.7. The number of fused-ring (bicyclic) bond motifs is 1. The van der Waals surface area contributed by atoms with Crippen LogP contribution in [0.1, 0.15) is 53.3 Å². The molecule has 1 aliphatic heterocycles. The zero-order chi connectivity index (χ0) is 44.7. The second kappa shape index (κ2) is 20.3. The summed E-state index contributed by atoms with van der Waals surface area (Å²) in [4.78, 5) is 36.4. The van der Waals surface area contributed by atoms with Crippen molar-refractivity contribution in [2.45, 2.75) is 57.8 Å². The molecular formula is C50H50ClN7O6S. The molecule has 1 atom stereocenters. The van der Waals surface area contributed by atoms with Gasteiger partial charge in [0.15, 0.2) is 5.82 Å². The van der Waals surface area contributed by atoms with Crippen LogP contribution in [0.25, 0.3) is 32.6 Å². The van der Waals surface area contributed by atoms with Gasteiger partial charge in [-0.3, -0.25) is 9.88 Å². The number of para-hydroxylation sites is 1. The third-order valence-electron chi connectivity index (χ3n) is 12.1. The highest BCUT2D eigenvalue weighted by Gasteiger charge is 2.31. The Kier molecular flexibility index (Phi) is 13.8. The van der Waals surface area contributed by atoms with Gasteiger partial charge in [0.05, 0.1) is 26.5 Å². The molecule has 1 saturated heterocycles. The van der Waals surface area contributed by atoms with Crippen molar-refractivity contribution >= 4 is 39.2 Å². The number of aromatic nitrogens is 5. The molecule has 0 unspecified atom stereocenters. The molecule has 5 heterocycles. The number of pyridine rings is 2. The molecule has 1 aliphatic carbocycles. The van der Waals surface area contributed by atoms with Gasteiger partial charge in [-0.25, -0.2) is 19.7 Å². The average Bonchev–Trinajstić information content (AvgIpc) is 3.72. The Morgan fingerprint density at radius 3 is 2.46 bits per heavy atom. The van der Waals surface area contributed by atoms with Crippen molar-refractivity contribution in [1.29, 1.82) is 0 Å². The fourth-order valence-electron chi connectivity index (χ4n) is 8.09. The highest BCUT2D eigenvalue weighted by atomic mass is 35.5. The largest absolute Gasteiger partial charge is 0.491 e. The molecule has 3 aromatic carbocycles. The van der Waals surface area contributed by atoms with Crippen LogP contribution < -0.4 is 18.9 Å². The van der Waals surface area contributed by atoms with E-state index in [-0.39, 0.29) is 24.8 Å². The minimum absolute atomic E-state index is 0.0187. The van der Waals surface area contributed by atoms with Crippen LogP contribution in [-0.2, 0) is 24.4 Å². The number of hydrogen-bond acceptors (Lipinski definition) is 13. The molecular weight excluding hydrogens is 862 g/mol. The zero-order valence-corrected chi connectivity index (χ0v) is 37.9. The van der Waals surface area contributed by atoms with E-state index < -0.39 is 12.1 Å². The first-order chi connectivity index (χ1) is 31.8. The third kappa shape index (κ3) is 10.4. The van der Waals surface area contributed by atoms with Crippen LogP contribution in [-0.4, -0.2) is 97.7 Å². The predicted molar refractivity (Wildman–Crippen MR) is 251 cm³/mol. The Labute approximate surface area is 387 Å². The molecule has 0 amide bonds. The Bertz CT molecular complexity index is 2750. The Hall–Kier alpha value is -6.19. The van der Waals surface area contributed by atoms with Crippen molar-refractivity contribution in [3.05, 3.63) is 137 Å². The number of nitrogens with zero attached hydrogens (tertiary/aromatic N) is 7. The molecule has 0 radical (unpaired) electrons. The molecule has 1 saturated carbocycles. The molecule has 334 valence electrons. The molecule has 4 aromatic heterocycles. The molecule has 1 N–H and O–H groups in total. The number of halogens is 1. The van der Waals surface area contributed by atoms with Crippen LogP contribution in [0.4, 0.5) is 0 Å². The monoisotopic (exact) mass is 911 g/mol. The molecule has 13 nitrogen and oxygen atoms in total. The molecule has 7 aromatic rings. The summed E-state index contributed by atoms with van der Waals surface area (Å²) in [5, 5.41) is 11.9. The summed E-state index contributed by atoms with van der Waals surface area (Å²) in [5.74, 6) is 1.51. The number of piperazine rings is 1. The maximum absolute atomic E-state index is 13.0. The second-order valence-electron chi connectivity index (χ2n) is 16.5. The number of carboxylic acids is 1. The van der Waals surface area contributed by atoms with Crippen molar-refractivity contribution in [2.75, 3.05) is 46.4 Å². The van der Waals surface area contributed by atoms with Crippen molar-refractivity contribution < 1.29 is 28.8 Å². The fraction of sp³-hybridized carbons (Fsp3) is 0.320. The quantitative estimate of drug-likeness (QED) is 0.0874. The standard InChI is InChI=1S/C50H50ClN7O6S/c1-32-38(16-17-40(46(32)51)61-26-25-58-23-21-57(2)22-24-58)44-45-42(29-54-47(44)34-12-8-13-34)65-56-49(45)64-41(50(59)60)27-35-11-6-7-14-39(35)62-31-37-19-20-52-48(55-37)36-15-18-43(53-28-36)63-30-33-9-4-3-5-10-33/h3-7,9-11,14-20,28-29,34,41H,8,12-13,21-27,30-31H2,1-2H3,(H,59,60)/t41-/m1/s1. The number of hydrogen-bond donors (Lipinski definition) is 1. The van der Waals surface area contributed by atoms with Gasteiger partial charge >= 0.3 is 5.97 Å². The molecule has 15 heteroatoms. The van der Waals surface area contributed by atoms with E-state index in [9.17, 15) is 9.90 Å². The maximum Gasteiger partial charge on any atom is 0.345 e. The van der Waals surface area contributed by atoms with Crippen molar-refractivity contribution in [3.8, 4) is 45.8 Å². The number of likely N-dealkylation sites (N-methyl/N-ethyl adjacent to an activating group) is 1. The van der Waals surface area contributed by atoms with E-state index in [0.717, 1.165) is 95.6 Å². The average molecular weight is 913 g/mol. The summed E-state index contributed by atoms with van der Waals surface area (Å²) >= 11 is 8.32. The van der Waals surface area contributed by atoms with E-state index in [0.29, 0.717) is 52.7 Å². The lowest BCUT2D eigenvalue weighted by atomic mass is 9.79. The van der Waals surface area contributed by atoms with E-state index in [1.807, 2.05) is 85.9 Å². The van der Waals surface area contributed by atoms with Crippen LogP contribution in [0.5, 0.6) is 23.3 Å². The first kappa shape index (κ1) is 44.0. The highest BCUT2D eigenvalue weighted by molar-refractivity contribution is 7.13. The van der Waals surface area contributed by atoms with E-state index in [1.165, 1.54) is 11.5 Å². The summed E-state index contributed by atoms with van der Waals surface area (Å²) in [5.41, 5.74) is 6.64. The van der Waals surface area contributed by atoms with Gasteiger partial charge in [0.1, 0.15) is 31.3 Å². The Balaban J connectivity index is 0.912. The first-order valence-electron chi connectivity index (χ1n) is 21.9. The molecule has 0 bridgehead atoms.